The molecule has 1 atom stereocenters. The van der Waals surface area contributed by atoms with Crippen LogP contribution in [0, 0.1) is 5.92 Å². The molecule has 1 rings (SSSR count). The standard InChI is InChI=1S/C11H20N2O2/c1-5-8(2)7-13-9(14)6-12-11(3,4)10(13)15/h8,12H,5-7H2,1-4H3. The Kier molecular flexibility index (Phi) is 3.50. The van der Waals surface area contributed by atoms with E-state index in [-0.39, 0.29) is 18.4 Å². The zero-order chi connectivity index (χ0) is 11.6. The number of carbonyl (C=O) groups excluding carboxylic acids is 2. The van der Waals surface area contributed by atoms with Gasteiger partial charge in [-0.05, 0) is 19.8 Å². The number of piperazine rings is 1. The highest BCUT2D eigenvalue weighted by molar-refractivity contribution is 6.03. The number of nitrogens with zero attached hydrogens (tertiary/aromatic N) is 1. The molecule has 1 aliphatic heterocycles. The fraction of sp³-hybridized carbons (Fsp3) is 0.818. The van der Waals surface area contributed by atoms with Crippen molar-refractivity contribution < 1.29 is 9.59 Å². The second-order valence-corrected chi connectivity index (χ2v) is 4.80. The van der Waals surface area contributed by atoms with Gasteiger partial charge in [-0.15, -0.1) is 0 Å². The summed E-state index contributed by atoms with van der Waals surface area (Å²) in [6.07, 6.45) is 0.977. The van der Waals surface area contributed by atoms with Crippen LogP contribution >= 0.6 is 0 Å². The molecule has 4 heteroatoms. The second kappa shape index (κ2) is 4.31. The molecule has 1 fully saturated rings. The molecule has 1 heterocycles. The van der Waals surface area contributed by atoms with Crippen molar-refractivity contribution in [2.24, 2.45) is 5.92 Å². The van der Waals surface area contributed by atoms with Gasteiger partial charge in [0.15, 0.2) is 0 Å². The van der Waals surface area contributed by atoms with E-state index in [0.29, 0.717) is 12.5 Å². The average Bonchev–Trinajstić information content (AvgIpc) is 2.19. The van der Waals surface area contributed by atoms with E-state index in [9.17, 15) is 9.59 Å². The minimum absolute atomic E-state index is 0.111. The van der Waals surface area contributed by atoms with Gasteiger partial charge in [-0.3, -0.25) is 19.8 Å². The van der Waals surface area contributed by atoms with Gasteiger partial charge in [0.2, 0.25) is 11.8 Å². The first-order valence-corrected chi connectivity index (χ1v) is 5.48. The molecule has 0 aromatic rings. The summed E-state index contributed by atoms with van der Waals surface area (Å²) in [6.45, 7) is 8.54. The molecule has 4 nitrogen and oxygen atoms in total. The van der Waals surface area contributed by atoms with Crippen molar-refractivity contribution in [3.05, 3.63) is 0 Å². The molecule has 1 N–H and O–H groups in total. The topological polar surface area (TPSA) is 49.4 Å². The van der Waals surface area contributed by atoms with E-state index in [1.165, 1.54) is 4.90 Å². The smallest absolute Gasteiger partial charge is 0.248 e. The summed E-state index contributed by atoms with van der Waals surface area (Å²) in [4.78, 5) is 24.9. The normalized spacial score (nSPS) is 23.1. The maximum atomic E-state index is 12.0. The molecule has 0 aromatic carbocycles. The lowest BCUT2D eigenvalue weighted by Gasteiger charge is -2.37. The Morgan fingerprint density at radius 1 is 1.47 bits per heavy atom. The number of amides is 2. The highest BCUT2D eigenvalue weighted by Crippen LogP contribution is 2.15. The third kappa shape index (κ3) is 2.56. The maximum absolute atomic E-state index is 12.0. The summed E-state index contributed by atoms with van der Waals surface area (Å²) >= 11 is 0. The Balaban J connectivity index is 2.75. The van der Waals surface area contributed by atoms with Crippen LogP contribution in [0.25, 0.3) is 0 Å². The lowest BCUT2D eigenvalue weighted by molar-refractivity contribution is -0.153. The van der Waals surface area contributed by atoms with Crippen LogP contribution in [0.2, 0.25) is 0 Å². The number of hydrogen-bond acceptors (Lipinski definition) is 3. The number of imide groups is 1. The first-order chi connectivity index (χ1) is 6.88. The van der Waals surface area contributed by atoms with Crippen LogP contribution in [0.4, 0.5) is 0 Å². The average molecular weight is 212 g/mol. The van der Waals surface area contributed by atoms with Gasteiger partial charge in [-0.1, -0.05) is 20.3 Å². The van der Waals surface area contributed by atoms with Gasteiger partial charge in [-0.25, -0.2) is 0 Å². The minimum Gasteiger partial charge on any atom is -0.295 e. The summed E-state index contributed by atoms with van der Waals surface area (Å²) in [6, 6.07) is 0. The molecule has 0 saturated carbocycles. The van der Waals surface area contributed by atoms with Crippen LogP contribution < -0.4 is 5.32 Å². The van der Waals surface area contributed by atoms with Crippen molar-refractivity contribution in [1.29, 1.82) is 0 Å². The minimum atomic E-state index is -0.610. The molecule has 0 aromatic heterocycles. The van der Waals surface area contributed by atoms with Gasteiger partial charge in [0, 0.05) is 6.54 Å². The summed E-state index contributed by atoms with van der Waals surface area (Å²) in [5.41, 5.74) is -0.610. The van der Waals surface area contributed by atoms with Crippen LogP contribution in [-0.2, 0) is 9.59 Å². The maximum Gasteiger partial charge on any atom is 0.248 e. The highest BCUT2D eigenvalue weighted by Gasteiger charge is 2.39. The molecule has 1 unspecified atom stereocenters. The molecular weight excluding hydrogens is 192 g/mol. The molecular formula is C11H20N2O2. The molecule has 0 aliphatic carbocycles. The quantitative estimate of drug-likeness (QED) is 0.703. The Bertz CT molecular complexity index is 274. The zero-order valence-electron chi connectivity index (χ0n) is 9.96. The second-order valence-electron chi connectivity index (χ2n) is 4.80. The lowest BCUT2D eigenvalue weighted by atomic mass is 9.99. The summed E-state index contributed by atoms with van der Waals surface area (Å²) in [5, 5.41) is 2.94. The lowest BCUT2D eigenvalue weighted by Crippen LogP contribution is -2.64. The van der Waals surface area contributed by atoms with Crippen LogP contribution in [-0.4, -0.2) is 35.3 Å². The first kappa shape index (κ1) is 12.2. The molecule has 1 aliphatic rings. The number of carbonyl (C=O) groups is 2. The van der Waals surface area contributed by atoms with Crippen molar-refractivity contribution in [2.75, 3.05) is 13.1 Å². The number of hydrogen-bond donors (Lipinski definition) is 1. The van der Waals surface area contributed by atoms with E-state index in [1.54, 1.807) is 0 Å². The Morgan fingerprint density at radius 2 is 2.07 bits per heavy atom. The fourth-order valence-electron chi connectivity index (χ4n) is 1.54. The Morgan fingerprint density at radius 3 is 2.60 bits per heavy atom. The monoisotopic (exact) mass is 212 g/mol. The summed E-state index contributed by atoms with van der Waals surface area (Å²) in [7, 11) is 0. The fourth-order valence-corrected chi connectivity index (χ4v) is 1.54. The van der Waals surface area contributed by atoms with E-state index in [1.807, 2.05) is 13.8 Å². The van der Waals surface area contributed by atoms with E-state index < -0.39 is 5.54 Å². The zero-order valence-corrected chi connectivity index (χ0v) is 9.96. The van der Waals surface area contributed by atoms with Gasteiger partial charge in [-0.2, -0.15) is 0 Å². The van der Waals surface area contributed by atoms with Gasteiger partial charge in [0.25, 0.3) is 0 Å². The highest BCUT2D eigenvalue weighted by atomic mass is 16.2. The predicted octanol–water partition coefficient (Wildman–Crippen LogP) is 0.769. The molecule has 86 valence electrons. The van der Waals surface area contributed by atoms with Gasteiger partial charge in [0.1, 0.15) is 0 Å². The Hall–Kier alpha value is -0.900. The molecule has 0 radical (unpaired) electrons. The van der Waals surface area contributed by atoms with Gasteiger partial charge >= 0.3 is 0 Å². The van der Waals surface area contributed by atoms with Crippen molar-refractivity contribution in [3.63, 3.8) is 0 Å². The molecule has 2 amide bonds. The molecule has 1 saturated heterocycles. The molecule has 0 bridgehead atoms. The SMILES string of the molecule is CCC(C)CN1C(=O)CNC(C)(C)C1=O. The van der Waals surface area contributed by atoms with E-state index >= 15 is 0 Å². The van der Waals surface area contributed by atoms with E-state index in [2.05, 4.69) is 19.2 Å². The third-order valence-electron chi connectivity index (χ3n) is 2.95. The van der Waals surface area contributed by atoms with E-state index in [0.717, 1.165) is 6.42 Å². The van der Waals surface area contributed by atoms with Crippen LogP contribution in [0.1, 0.15) is 34.1 Å². The van der Waals surface area contributed by atoms with Gasteiger partial charge < -0.3 is 0 Å². The van der Waals surface area contributed by atoms with Crippen molar-refractivity contribution >= 4 is 11.8 Å². The van der Waals surface area contributed by atoms with Crippen molar-refractivity contribution in [1.82, 2.24) is 10.2 Å². The largest absolute Gasteiger partial charge is 0.295 e. The molecule has 15 heavy (non-hydrogen) atoms. The van der Waals surface area contributed by atoms with E-state index in [4.69, 9.17) is 0 Å². The predicted molar refractivity (Wildman–Crippen MR) is 58.3 cm³/mol. The summed E-state index contributed by atoms with van der Waals surface area (Å²) in [5.74, 6) is 0.144. The summed E-state index contributed by atoms with van der Waals surface area (Å²) < 4.78 is 0. The first-order valence-electron chi connectivity index (χ1n) is 5.48. The third-order valence-corrected chi connectivity index (χ3v) is 2.95. The van der Waals surface area contributed by atoms with Crippen LogP contribution in [0.3, 0.4) is 0 Å². The van der Waals surface area contributed by atoms with Crippen molar-refractivity contribution in [3.8, 4) is 0 Å². The Labute approximate surface area is 91.0 Å². The van der Waals surface area contributed by atoms with Gasteiger partial charge in [0.05, 0.1) is 12.1 Å². The van der Waals surface area contributed by atoms with Crippen molar-refractivity contribution in [2.45, 2.75) is 39.7 Å². The van der Waals surface area contributed by atoms with Crippen LogP contribution in [0.5, 0.6) is 0 Å². The number of nitrogens with one attached hydrogen (secondary N) is 1. The number of rotatable bonds is 3. The molecule has 0 spiro atoms. The van der Waals surface area contributed by atoms with Crippen LogP contribution in [0.15, 0.2) is 0 Å².